The molecule has 0 atom stereocenters. The van der Waals surface area contributed by atoms with Gasteiger partial charge in [-0.25, -0.2) is 4.98 Å². The van der Waals surface area contributed by atoms with Crippen LogP contribution in [0.3, 0.4) is 0 Å². The second-order valence-electron chi connectivity index (χ2n) is 5.44. The van der Waals surface area contributed by atoms with Crippen LogP contribution < -0.4 is 5.14 Å². The van der Waals surface area contributed by atoms with Gasteiger partial charge in [0.15, 0.2) is 0 Å². The number of nitrogens with two attached hydrogens (primary N) is 1. The number of H-pyrrole nitrogens is 1. The van der Waals surface area contributed by atoms with Crippen LogP contribution in [0.15, 0.2) is 71.6 Å². The van der Waals surface area contributed by atoms with Crippen molar-refractivity contribution in [1.29, 1.82) is 0 Å². The van der Waals surface area contributed by atoms with E-state index in [1.807, 2.05) is 48.5 Å². The predicted octanol–water partition coefficient (Wildman–Crippen LogP) is 5.52. The minimum absolute atomic E-state index is 0.697. The maximum atomic E-state index is 6.08. The molecule has 0 amide bonds. The first kappa shape index (κ1) is 15.3. The zero-order valence-electron chi connectivity index (χ0n) is 12.7. The van der Waals surface area contributed by atoms with Crippen molar-refractivity contribution in [3.05, 3.63) is 71.8 Å². The fourth-order valence-corrected chi connectivity index (χ4v) is 3.41. The van der Waals surface area contributed by atoms with Crippen molar-refractivity contribution >= 4 is 34.6 Å². The summed E-state index contributed by atoms with van der Waals surface area (Å²) in [6.07, 6.45) is 0. The van der Waals surface area contributed by atoms with Crippen molar-refractivity contribution < 1.29 is 0 Å². The Labute approximate surface area is 149 Å². The Morgan fingerprint density at radius 3 is 2.62 bits per heavy atom. The molecule has 1 heterocycles. The van der Waals surface area contributed by atoms with Crippen molar-refractivity contribution in [2.75, 3.05) is 0 Å². The van der Waals surface area contributed by atoms with Gasteiger partial charge in [0.05, 0.1) is 11.0 Å². The van der Waals surface area contributed by atoms with Crippen LogP contribution in [0.25, 0.3) is 33.5 Å². The normalized spacial score (nSPS) is 11.1. The summed E-state index contributed by atoms with van der Waals surface area (Å²) in [5, 5.41) is 6.47. The van der Waals surface area contributed by atoms with E-state index in [9.17, 15) is 0 Å². The topological polar surface area (TPSA) is 54.7 Å². The summed E-state index contributed by atoms with van der Waals surface area (Å²) in [6.45, 7) is 0. The standard InChI is InChI=1S/C19H14ClN3S/c20-14-5-3-4-13(10-14)19-22-16-9-8-12(11-17(16)23-19)15-6-1-2-7-18(15)24-21/h1-11H,21H2,(H,22,23). The molecule has 0 aliphatic carbocycles. The molecule has 1 aromatic heterocycles. The van der Waals surface area contributed by atoms with E-state index in [0.717, 1.165) is 38.4 Å². The van der Waals surface area contributed by atoms with Crippen molar-refractivity contribution in [3.8, 4) is 22.5 Å². The smallest absolute Gasteiger partial charge is 0.138 e. The molecule has 3 N–H and O–H groups in total. The minimum atomic E-state index is 0.697. The largest absolute Gasteiger partial charge is 0.338 e. The molecule has 0 unspecified atom stereocenters. The molecule has 4 rings (SSSR count). The molecule has 0 aliphatic rings. The van der Waals surface area contributed by atoms with Crippen molar-refractivity contribution in [1.82, 2.24) is 9.97 Å². The number of aromatic amines is 1. The van der Waals surface area contributed by atoms with E-state index in [1.54, 1.807) is 0 Å². The van der Waals surface area contributed by atoms with Crippen molar-refractivity contribution in [2.24, 2.45) is 5.14 Å². The number of imidazole rings is 1. The Morgan fingerprint density at radius 1 is 0.917 bits per heavy atom. The first-order valence-corrected chi connectivity index (χ1v) is 8.72. The summed E-state index contributed by atoms with van der Waals surface area (Å²) in [7, 11) is 0. The van der Waals surface area contributed by atoms with Gasteiger partial charge >= 0.3 is 0 Å². The number of hydrogen-bond donors (Lipinski definition) is 2. The number of aromatic nitrogens is 2. The van der Waals surface area contributed by atoms with Crippen molar-refractivity contribution in [3.63, 3.8) is 0 Å². The number of rotatable bonds is 3. The van der Waals surface area contributed by atoms with Crippen molar-refractivity contribution in [2.45, 2.75) is 4.90 Å². The number of benzene rings is 3. The number of nitrogens with zero attached hydrogens (tertiary/aromatic N) is 1. The van der Waals surface area contributed by atoms with E-state index in [1.165, 1.54) is 11.9 Å². The highest BCUT2D eigenvalue weighted by Gasteiger charge is 2.09. The molecule has 3 aromatic carbocycles. The van der Waals surface area contributed by atoms with Crippen LogP contribution in [-0.4, -0.2) is 9.97 Å². The molecule has 5 heteroatoms. The molecule has 4 aromatic rings. The van der Waals surface area contributed by atoms with Gasteiger partial charge in [0.1, 0.15) is 5.82 Å². The van der Waals surface area contributed by atoms with E-state index in [2.05, 4.69) is 23.2 Å². The van der Waals surface area contributed by atoms with Gasteiger partial charge in [-0.15, -0.1) is 0 Å². The number of nitrogens with one attached hydrogen (secondary N) is 1. The molecule has 0 saturated carbocycles. The summed E-state index contributed by atoms with van der Waals surface area (Å²) < 4.78 is 0. The first-order valence-electron chi connectivity index (χ1n) is 7.46. The third kappa shape index (κ3) is 2.80. The Hall–Kier alpha value is -2.27. The Morgan fingerprint density at radius 2 is 1.79 bits per heavy atom. The zero-order valence-corrected chi connectivity index (χ0v) is 14.2. The molecule has 0 bridgehead atoms. The average molecular weight is 352 g/mol. The first-order chi connectivity index (χ1) is 11.7. The fraction of sp³-hybridized carbons (Fsp3) is 0. The third-order valence-electron chi connectivity index (χ3n) is 3.91. The second kappa shape index (κ2) is 6.32. The van der Waals surface area contributed by atoms with Gasteiger partial charge in [-0.3, -0.25) is 5.14 Å². The molecular formula is C19H14ClN3S. The summed E-state index contributed by atoms with van der Waals surface area (Å²) in [4.78, 5) is 9.10. The second-order valence-corrected chi connectivity index (χ2v) is 6.55. The van der Waals surface area contributed by atoms with Gasteiger partial charge < -0.3 is 4.98 Å². The van der Waals surface area contributed by atoms with Crippen LogP contribution >= 0.6 is 23.5 Å². The maximum Gasteiger partial charge on any atom is 0.138 e. The number of halogens is 1. The van der Waals surface area contributed by atoms with E-state index < -0.39 is 0 Å². The third-order valence-corrected chi connectivity index (χ3v) is 4.75. The SMILES string of the molecule is NSc1ccccc1-c1ccc2[nH]c(-c3cccc(Cl)c3)nc2c1. The molecule has 0 fully saturated rings. The predicted molar refractivity (Wildman–Crippen MR) is 102 cm³/mol. The lowest BCUT2D eigenvalue weighted by molar-refractivity contribution is 1.34. The molecule has 0 aliphatic heterocycles. The average Bonchev–Trinajstić information content (AvgIpc) is 3.05. The Balaban J connectivity index is 1.82. The molecule has 118 valence electrons. The quantitative estimate of drug-likeness (QED) is 0.478. The van der Waals surface area contributed by atoms with Crippen LogP contribution in [0.1, 0.15) is 0 Å². The van der Waals surface area contributed by atoms with E-state index in [0.29, 0.717) is 5.02 Å². The lowest BCUT2D eigenvalue weighted by atomic mass is 10.1. The van der Waals surface area contributed by atoms with Gasteiger partial charge in [-0.2, -0.15) is 0 Å². The lowest BCUT2D eigenvalue weighted by Crippen LogP contribution is -1.85. The summed E-state index contributed by atoms with van der Waals surface area (Å²) in [6, 6.07) is 22.0. The summed E-state index contributed by atoms with van der Waals surface area (Å²) >= 11 is 7.33. The van der Waals surface area contributed by atoms with E-state index in [-0.39, 0.29) is 0 Å². The maximum absolute atomic E-state index is 6.08. The summed E-state index contributed by atoms with van der Waals surface area (Å²) in [5.74, 6) is 0.811. The van der Waals surface area contributed by atoms with E-state index >= 15 is 0 Å². The summed E-state index contributed by atoms with van der Waals surface area (Å²) in [5.41, 5.74) is 5.09. The monoisotopic (exact) mass is 351 g/mol. The number of hydrogen-bond acceptors (Lipinski definition) is 3. The lowest BCUT2D eigenvalue weighted by Gasteiger charge is -2.06. The molecule has 0 radical (unpaired) electrons. The van der Waals surface area contributed by atoms with Crippen LogP contribution in [0.5, 0.6) is 0 Å². The highest BCUT2D eigenvalue weighted by molar-refractivity contribution is 7.97. The highest BCUT2D eigenvalue weighted by Crippen LogP contribution is 2.31. The zero-order chi connectivity index (χ0) is 16.5. The van der Waals surface area contributed by atoms with Crippen LogP contribution in [0.2, 0.25) is 5.02 Å². The molecular weight excluding hydrogens is 338 g/mol. The highest BCUT2D eigenvalue weighted by atomic mass is 35.5. The van der Waals surface area contributed by atoms with Crippen LogP contribution in [0, 0.1) is 0 Å². The van der Waals surface area contributed by atoms with Crippen LogP contribution in [-0.2, 0) is 0 Å². The van der Waals surface area contributed by atoms with Crippen LogP contribution in [0.4, 0.5) is 0 Å². The molecule has 3 nitrogen and oxygen atoms in total. The molecule has 24 heavy (non-hydrogen) atoms. The minimum Gasteiger partial charge on any atom is -0.338 e. The van der Waals surface area contributed by atoms with E-state index in [4.69, 9.17) is 21.7 Å². The van der Waals surface area contributed by atoms with Gasteiger partial charge in [0, 0.05) is 15.5 Å². The van der Waals surface area contributed by atoms with Gasteiger partial charge in [-0.05, 0) is 53.4 Å². The molecule has 0 saturated heterocycles. The Bertz CT molecular complexity index is 1030. The van der Waals surface area contributed by atoms with Gasteiger partial charge in [0.25, 0.3) is 0 Å². The fourth-order valence-electron chi connectivity index (χ4n) is 2.75. The van der Waals surface area contributed by atoms with Gasteiger partial charge in [-0.1, -0.05) is 48.0 Å². The molecule has 0 spiro atoms. The van der Waals surface area contributed by atoms with Gasteiger partial charge in [0.2, 0.25) is 0 Å². The Kier molecular flexibility index (Phi) is 4.02. The number of fused-ring (bicyclic) bond motifs is 1.